The molecule has 1 aromatic rings. The first kappa shape index (κ1) is 23.6. The molecule has 0 atom stereocenters. The Morgan fingerprint density at radius 3 is 2.32 bits per heavy atom. The molecule has 1 aromatic heterocycles. The van der Waals surface area contributed by atoms with Gasteiger partial charge < -0.3 is 4.74 Å². The van der Waals surface area contributed by atoms with E-state index in [2.05, 4.69) is 26.0 Å². The average molecular weight is 388 g/mol. The van der Waals surface area contributed by atoms with E-state index in [0.29, 0.717) is 30.2 Å². The van der Waals surface area contributed by atoms with Crippen molar-refractivity contribution in [3.05, 3.63) is 51.0 Å². The van der Waals surface area contributed by atoms with Crippen LogP contribution >= 0.6 is 0 Å². The van der Waals surface area contributed by atoms with Crippen LogP contribution in [0.2, 0.25) is 0 Å². The summed E-state index contributed by atoms with van der Waals surface area (Å²) in [6, 6.07) is 0. The van der Waals surface area contributed by atoms with Crippen molar-refractivity contribution in [2.24, 2.45) is 5.92 Å². The third-order valence-electron chi connectivity index (χ3n) is 4.42. The number of pyridine rings is 1. The van der Waals surface area contributed by atoms with Gasteiger partial charge in [0.2, 0.25) is 5.91 Å². The Kier molecular flexibility index (Phi) is 9.10. The molecule has 0 amide bonds. The number of hydrogen-bond acceptors (Lipinski definition) is 4. The molecule has 0 aromatic carbocycles. The van der Waals surface area contributed by atoms with Gasteiger partial charge in [0.1, 0.15) is 5.75 Å². The summed E-state index contributed by atoms with van der Waals surface area (Å²) in [5, 5.41) is 0. The Labute approximate surface area is 168 Å². The number of aromatic nitrogens is 1. The second-order valence-corrected chi connectivity index (χ2v) is 7.51. The molecule has 0 aliphatic rings. The topological polar surface area (TPSA) is 65.4 Å². The van der Waals surface area contributed by atoms with E-state index in [1.54, 1.807) is 6.92 Å². The average Bonchev–Trinajstić information content (AvgIpc) is 2.58. The zero-order chi connectivity index (χ0) is 21.4. The van der Waals surface area contributed by atoms with Gasteiger partial charge >= 0.3 is 5.97 Å². The van der Waals surface area contributed by atoms with E-state index >= 15 is 0 Å². The molecule has 0 saturated heterocycles. The van der Waals surface area contributed by atoms with Crippen LogP contribution in [0.15, 0.2) is 28.6 Å². The highest BCUT2D eigenvalue weighted by atomic mass is 16.5. The summed E-state index contributed by atoms with van der Waals surface area (Å²) in [5.74, 6) is -0.00893. The van der Waals surface area contributed by atoms with Gasteiger partial charge in [0.15, 0.2) is 0 Å². The quantitative estimate of drug-likeness (QED) is 0.475. The van der Waals surface area contributed by atoms with Crippen LogP contribution in [0, 0.1) is 12.8 Å². The van der Waals surface area contributed by atoms with E-state index in [9.17, 15) is 14.4 Å². The van der Waals surface area contributed by atoms with Crippen LogP contribution in [-0.2, 0) is 17.6 Å². The summed E-state index contributed by atoms with van der Waals surface area (Å²) in [7, 11) is 0. The van der Waals surface area contributed by atoms with Crippen LogP contribution < -0.4 is 10.3 Å². The summed E-state index contributed by atoms with van der Waals surface area (Å²) in [4.78, 5) is 36.6. The molecule has 0 radical (unpaired) electrons. The Morgan fingerprint density at radius 1 is 1.18 bits per heavy atom. The molecular weight excluding hydrogens is 354 g/mol. The number of carbonyl (C=O) groups is 2. The predicted octanol–water partition coefficient (Wildman–Crippen LogP) is 4.79. The number of rotatable bonds is 8. The number of nitrogens with zero attached hydrogens (tertiary/aromatic N) is 1. The maximum Gasteiger partial charge on any atom is 0.308 e. The number of ether oxygens (including phenoxy) is 1. The number of hydrogen-bond donors (Lipinski definition) is 0. The minimum Gasteiger partial charge on any atom is -0.426 e. The lowest BCUT2D eigenvalue weighted by atomic mass is 10.00. The highest BCUT2D eigenvalue weighted by Gasteiger charge is 2.22. The minimum absolute atomic E-state index is 0.290. The van der Waals surface area contributed by atoms with Crippen molar-refractivity contribution < 1.29 is 14.3 Å². The van der Waals surface area contributed by atoms with E-state index in [1.165, 1.54) is 18.4 Å². The maximum atomic E-state index is 12.8. The highest BCUT2D eigenvalue weighted by molar-refractivity contribution is 5.78. The number of carbonyl (C=O) groups excluding carboxylic acids is 2. The molecule has 1 heterocycles. The molecule has 28 heavy (non-hydrogen) atoms. The van der Waals surface area contributed by atoms with Gasteiger partial charge in [0, 0.05) is 31.5 Å². The van der Waals surface area contributed by atoms with Crippen molar-refractivity contribution >= 4 is 11.9 Å². The van der Waals surface area contributed by atoms with Gasteiger partial charge in [-0.15, -0.1) is 0 Å². The third-order valence-corrected chi connectivity index (χ3v) is 4.42. The van der Waals surface area contributed by atoms with Crippen molar-refractivity contribution in [1.82, 2.24) is 4.57 Å². The van der Waals surface area contributed by atoms with Crippen LogP contribution in [0.3, 0.4) is 0 Å². The zero-order valence-corrected chi connectivity index (χ0v) is 18.2. The molecule has 0 fully saturated rings. The standard InChI is InChI=1S/C23H33NO4/c1-8-10-20-21(14-13-16(4)12-9-11-15(2)3)24(18(6)25)23(27)17(5)22(20)28-19(7)26/h9,11,13,15H,8,10,12,14H2,1-7H3/b11-9+,16-13+. The molecule has 0 spiro atoms. The monoisotopic (exact) mass is 387 g/mol. The predicted molar refractivity (Wildman–Crippen MR) is 113 cm³/mol. The van der Waals surface area contributed by atoms with Crippen LogP contribution in [0.4, 0.5) is 0 Å². The van der Waals surface area contributed by atoms with Gasteiger partial charge in [0.05, 0.1) is 5.56 Å². The van der Waals surface area contributed by atoms with Crippen LogP contribution in [0.25, 0.3) is 0 Å². The summed E-state index contributed by atoms with van der Waals surface area (Å²) in [6.07, 6.45) is 8.97. The van der Waals surface area contributed by atoms with Gasteiger partial charge in [0.25, 0.3) is 5.56 Å². The largest absolute Gasteiger partial charge is 0.426 e. The number of allylic oxidation sites excluding steroid dienone is 4. The molecule has 0 aliphatic heterocycles. The zero-order valence-electron chi connectivity index (χ0n) is 18.2. The Hall–Kier alpha value is -2.43. The first-order valence-corrected chi connectivity index (χ1v) is 9.89. The first-order valence-electron chi connectivity index (χ1n) is 9.89. The highest BCUT2D eigenvalue weighted by Crippen LogP contribution is 2.27. The second kappa shape index (κ2) is 10.8. The van der Waals surface area contributed by atoms with Crippen LogP contribution in [-0.4, -0.2) is 16.4 Å². The van der Waals surface area contributed by atoms with E-state index in [4.69, 9.17) is 4.74 Å². The van der Waals surface area contributed by atoms with Crippen molar-refractivity contribution in [2.75, 3.05) is 0 Å². The molecule has 1 rings (SSSR count). The Balaban J connectivity index is 3.52. The molecule has 5 heteroatoms. The molecule has 0 bridgehead atoms. The fourth-order valence-electron chi connectivity index (χ4n) is 3.10. The van der Waals surface area contributed by atoms with E-state index in [-0.39, 0.29) is 11.5 Å². The minimum atomic E-state index is -0.475. The number of esters is 1. The van der Waals surface area contributed by atoms with Crippen LogP contribution in [0.1, 0.15) is 76.0 Å². The lowest BCUT2D eigenvalue weighted by Crippen LogP contribution is -2.32. The molecular formula is C23H33NO4. The smallest absolute Gasteiger partial charge is 0.308 e. The van der Waals surface area contributed by atoms with Crippen molar-refractivity contribution in [1.29, 1.82) is 0 Å². The van der Waals surface area contributed by atoms with E-state index in [0.717, 1.165) is 24.0 Å². The summed E-state index contributed by atoms with van der Waals surface area (Å²) in [6.45, 7) is 12.6. The van der Waals surface area contributed by atoms with E-state index in [1.807, 2.05) is 19.9 Å². The van der Waals surface area contributed by atoms with Gasteiger partial charge in [-0.2, -0.15) is 0 Å². The maximum absolute atomic E-state index is 12.8. The van der Waals surface area contributed by atoms with Crippen molar-refractivity contribution in [2.45, 2.75) is 74.1 Å². The fraction of sp³-hybridized carbons (Fsp3) is 0.522. The second-order valence-electron chi connectivity index (χ2n) is 7.51. The Bertz CT molecular complexity index is 841. The van der Waals surface area contributed by atoms with Crippen molar-refractivity contribution in [3.63, 3.8) is 0 Å². The molecule has 0 saturated carbocycles. The lowest BCUT2D eigenvalue weighted by Gasteiger charge is -2.19. The summed E-state index contributed by atoms with van der Waals surface area (Å²) < 4.78 is 6.61. The van der Waals surface area contributed by atoms with E-state index < -0.39 is 11.5 Å². The van der Waals surface area contributed by atoms with Gasteiger partial charge in [-0.05, 0) is 32.6 Å². The van der Waals surface area contributed by atoms with Gasteiger partial charge in [-0.25, -0.2) is 4.57 Å². The van der Waals surface area contributed by atoms with Crippen molar-refractivity contribution in [3.8, 4) is 5.75 Å². The summed E-state index contributed by atoms with van der Waals surface area (Å²) >= 11 is 0. The molecule has 0 N–H and O–H groups in total. The van der Waals surface area contributed by atoms with Gasteiger partial charge in [-0.1, -0.05) is 51.0 Å². The summed E-state index contributed by atoms with van der Waals surface area (Å²) in [5.41, 5.74) is 2.37. The van der Waals surface area contributed by atoms with Gasteiger partial charge in [-0.3, -0.25) is 14.4 Å². The molecule has 154 valence electrons. The van der Waals surface area contributed by atoms with Crippen LogP contribution in [0.5, 0.6) is 5.75 Å². The lowest BCUT2D eigenvalue weighted by molar-refractivity contribution is -0.132. The molecule has 0 unspecified atom stereocenters. The SMILES string of the molecule is CCCc1c(OC(C)=O)c(C)c(=O)n(C(C)=O)c1C/C=C(\C)C/C=C/C(C)C. The fourth-order valence-corrected chi connectivity index (χ4v) is 3.10. The normalized spacial score (nSPS) is 12.1. The third kappa shape index (κ3) is 6.32. The molecule has 5 nitrogen and oxygen atoms in total. The Morgan fingerprint density at radius 2 is 1.82 bits per heavy atom. The molecule has 0 aliphatic carbocycles. The first-order chi connectivity index (χ1) is 13.1.